The molecule has 0 fully saturated rings. The van der Waals surface area contributed by atoms with Gasteiger partial charge in [-0.2, -0.15) is 13.2 Å². The van der Waals surface area contributed by atoms with E-state index in [4.69, 9.17) is 4.74 Å². The van der Waals surface area contributed by atoms with Crippen LogP contribution < -0.4 is 4.74 Å². The monoisotopic (exact) mass is 538 g/mol. The quantitative estimate of drug-likeness (QED) is 0.135. The van der Waals surface area contributed by atoms with Crippen LogP contribution in [-0.2, 0) is 6.18 Å². The molecule has 0 amide bonds. The minimum Gasteiger partial charge on any atom is -0.494 e. The molecule has 5 nitrogen and oxygen atoms in total. The molecule has 1 heterocycles. The molecular weight excluding hydrogens is 493 g/mol. The third-order valence-corrected chi connectivity index (χ3v) is 6.92. The number of imidazole rings is 1. The first-order valence-electron chi connectivity index (χ1n) is 14.4. The lowest BCUT2D eigenvalue weighted by Crippen LogP contribution is -2.14. The van der Waals surface area contributed by atoms with Gasteiger partial charge in [0.1, 0.15) is 5.75 Å². The van der Waals surface area contributed by atoms with E-state index in [9.17, 15) is 23.1 Å². The van der Waals surface area contributed by atoms with E-state index in [0.717, 1.165) is 12.8 Å². The summed E-state index contributed by atoms with van der Waals surface area (Å²) in [4.78, 5) is 14.3. The summed E-state index contributed by atoms with van der Waals surface area (Å²) < 4.78 is 46.5. The number of aryl methyl sites for hydroxylation is 1. The predicted molar refractivity (Wildman–Crippen MR) is 145 cm³/mol. The van der Waals surface area contributed by atoms with Crippen LogP contribution in [0.3, 0.4) is 0 Å². The summed E-state index contributed by atoms with van der Waals surface area (Å²) in [7, 11) is 0. The number of hydrogen-bond donors (Lipinski definition) is 1. The van der Waals surface area contributed by atoms with Crippen molar-refractivity contribution in [3.63, 3.8) is 0 Å². The summed E-state index contributed by atoms with van der Waals surface area (Å²) in [5.41, 5.74) is -0.101. The fraction of sp³-hybridized carbons (Fsp3) is 0.667. The Morgan fingerprint density at radius 3 is 1.82 bits per heavy atom. The van der Waals surface area contributed by atoms with Gasteiger partial charge in [0.15, 0.2) is 12.0 Å². The lowest BCUT2D eigenvalue weighted by molar-refractivity contribution is -0.146. The second-order valence-corrected chi connectivity index (χ2v) is 10.2. The SMILES string of the molecule is CCCCCCCCCCCCCCCCCCOc1ccc(-n2c(C(F)(F)F)nc(C=O)c2O)c(C)c1. The molecule has 0 saturated carbocycles. The second-order valence-electron chi connectivity index (χ2n) is 10.2. The molecule has 0 bridgehead atoms. The van der Waals surface area contributed by atoms with E-state index in [0.29, 0.717) is 22.5 Å². The van der Waals surface area contributed by atoms with Crippen LogP contribution in [0.4, 0.5) is 13.2 Å². The van der Waals surface area contributed by atoms with Crippen LogP contribution in [-0.4, -0.2) is 27.6 Å². The Morgan fingerprint density at radius 2 is 1.37 bits per heavy atom. The van der Waals surface area contributed by atoms with Gasteiger partial charge in [0, 0.05) is 0 Å². The normalized spacial score (nSPS) is 11.7. The molecule has 1 aromatic carbocycles. The van der Waals surface area contributed by atoms with Gasteiger partial charge in [-0.1, -0.05) is 103 Å². The lowest BCUT2D eigenvalue weighted by atomic mass is 10.0. The van der Waals surface area contributed by atoms with Crippen LogP contribution in [0.2, 0.25) is 0 Å². The maximum atomic E-state index is 13.4. The smallest absolute Gasteiger partial charge is 0.450 e. The number of ether oxygens (including phenoxy) is 1. The predicted octanol–water partition coefficient (Wildman–Crippen LogP) is 9.36. The van der Waals surface area contributed by atoms with Gasteiger partial charge in [0.25, 0.3) is 0 Å². The molecule has 0 unspecified atom stereocenters. The van der Waals surface area contributed by atoms with Crippen molar-refractivity contribution in [3.05, 3.63) is 35.3 Å². The molecule has 38 heavy (non-hydrogen) atoms. The van der Waals surface area contributed by atoms with E-state index in [2.05, 4.69) is 11.9 Å². The Balaban J connectivity index is 1.60. The van der Waals surface area contributed by atoms with Crippen LogP contribution >= 0.6 is 0 Å². The largest absolute Gasteiger partial charge is 0.494 e. The minimum absolute atomic E-state index is 0.0881. The van der Waals surface area contributed by atoms with E-state index in [1.54, 1.807) is 19.1 Å². The number of alkyl halides is 3. The fourth-order valence-corrected chi connectivity index (χ4v) is 4.74. The number of rotatable bonds is 20. The number of nitrogens with zero attached hydrogens (tertiary/aromatic N) is 2. The molecule has 2 aromatic rings. The first-order chi connectivity index (χ1) is 18.3. The Labute approximate surface area is 225 Å². The summed E-state index contributed by atoms with van der Waals surface area (Å²) in [6, 6.07) is 4.63. The average molecular weight is 539 g/mol. The van der Waals surface area contributed by atoms with Crippen molar-refractivity contribution in [1.82, 2.24) is 9.55 Å². The fourth-order valence-electron chi connectivity index (χ4n) is 4.74. The first kappa shape index (κ1) is 31.7. The molecule has 8 heteroatoms. The molecule has 1 aromatic heterocycles. The minimum atomic E-state index is -4.83. The van der Waals surface area contributed by atoms with Crippen LogP contribution in [0.25, 0.3) is 5.69 Å². The second kappa shape index (κ2) is 17.2. The van der Waals surface area contributed by atoms with Crippen molar-refractivity contribution in [3.8, 4) is 17.3 Å². The molecule has 2 rings (SSSR count). The van der Waals surface area contributed by atoms with Gasteiger partial charge >= 0.3 is 6.18 Å². The molecule has 0 saturated heterocycles. The maximum absolute atomic E-state index is 13.4. The summed E-state index contributed by atoms with van der Waals surface area (Å²) >= 11 is 0. The summed E-state index contributed by atoms with van der Waals surface area (Å²) in [5, 5.41) is 10.1. The van der Waals surface area contributed by atoms with Gasteiger partial charge in [-0.3, -0.25) is 9.36 Å². The lowest BCUT2D eigenvalue weighted by Gasteiger charge is -2.15. The van der Waals surface area contributed by atoms with Crippen LogP contribution in [0.5, 0.6) is 11.6 Å². The maximum Gasteiger partial charge on any atom is 0.450 e. The molecule has 0 atom stereocenters. The van der Waals surface area contributed by atoms with Gasteiger partial charge in [-0.25, -0.2) is 4.98 Å². The molecule has 0 aliphatic rings. The molecule has 0 spiro atoms. The van der Waals surface area contributed by atoms with Gasteiger partial charge in [0.2, 0.25) is 11.7 Å². The number of halogens is 3. The number of hydrogen-bond acceptors (Lipinski definition) is 4. The summed E-state index contributed by atoms with van der Waals surface area (Å²) in [5.74, 6) is -1.63. The van der Waals surface area contributed by atoms with E-state index in [1.807, 2.05) is 0 Å². The number of benzene rings is 1. The van der Waals surface area contributed by atoms with Crippen molar-refractivity contribution in [2.24, 2.45) is 0 Å². The zero-order chi connectivity index (χ0) is 27.8. The molecule has 0 aliphatic heterocycles. The van der Waals surface area contributed by atoms with Crippen LogP contribution in [0.1, 0.15) is 132 Å². The van der Waals surface area contributed by atoms with Gasteiger partial charge < -0.3 is 9.84 Å². The number of unbranched alkanes of at least 4 members (excludes halogenated alkanes) is 15. The Hall–Kier alpha value is -2.51. The van der Waals surface area contributed by atoms with Crippen molar-refractivity contribution in [2.45, 2.75) is 123 Å². The Kier molecular flexibility index (Phi) is 14.3. The van der Waals surface area contributed by atoms with Crippen molar-refractivity contribution in [1.29, 1.82) is 0 Å². The molecule has 1 N–H and O–H groups in total. The third kappa shape index (κ3) is 10.7. The number of carbonyl (C=O) groups is 1. The molecule has 0 aliphatic carbocycles. The highest BCUT2D eigenvalue weighted by Crippen LogP contribution is 2.36. The highest BCUT2D eigenvalue weighted by atomic mass is 19.4. The van der Waals surface area contributed by atoms with Gasteiger partial charge in [-0.15, -0.1) is 0 Å². The number of aromatic hydroxyl groups is 1. The first-order valence-corrected chi connectivity index (χ1v) is 14.4. The van der Waals surface area contributed by atoms with E-state index in [1.165, 1.54) is 96.0 Å². The van der Waals surface area contributed by atoms with Crippen molar-refractivity contribution >= 4 is 6.29 Å². The highest BCUT2D eigenvalue weighted by molar-refractivity contribution is 5.76. The van der Waals surface area contributed by atoms with E-state index < -0.39 is 23.6 Å². The zero-order valence-corrected chi connectivity index (χ0v) is 23.1. The molecule has 214 valence electrons. The molecular formula is C30H45F3N2O3. The topological polar surface area (TPSA) is 64.4 Å². The molecule has 0 radical (unpaired) electrons. The van der Waals surface area contributed by atoms with E-state index >= 15 is 0 Å². The Morgan fingerprint density at radius 1 is 0.868 bits per heavy atom. The number of aldehydes is 1. The van der Waals surface area contributed by atoms with Crippen molar-refractivity contribution < 1.29 is 27.8 Å². The van der Waals surface area contributed by atoms with Crippen LogP contribution in [0.15, 0.2) is 18.2 Å². The Bertz CT molecular complexity index is 957. The number of aromatic nitrogens is 2. The summed E-state index contributed by atoms with van der Waals surface area (Å²) in [6.07, 6.45) is 16.0. The zero-order valence-electron chi connectivity index (χ0n) is 23.1. The average Bonchev–Trinajstić information content (AvgIpc) is 3.22. The van der Waals surface area contributed by atoms with Gasteiger partial charge in [0.05, 0.1) is 12.3 Å². The standard InChI is InChI=1S/C30H45F3N2O3/c1-3-4-5-6-7-8-9-10-11-12-13-14-15-16-17-18-21-38-25-19-20-27(24(2)22-25)35-28(37)26(23-36)34-29(35)30(31,32)33/h19-20,22-23,37H,3-18,21H2,1-2H3. The van der Waals surface area contributed by atoms with Crippen molar-refractivity contribution in [2.75, 3.05) is 6.61 Å². The van der Waals surface area contributed by atoms with E-state index in [-0.39, 0.29) is 12.0 Å². The highest BCUT2D eigenvalue weighted by Gasteiger charge is 2.40. The summed E-state index contributed by atoms with van der Waals surface area (Å²) in [6.45, 7) is 4.42. The number of carbonyl (C=O) groups excluding carboxylic acids is 1. The third-order valence-electron chi connectivity index (χ3n) is 6.92. The van der Waals surface area contributed by atoms with Crippen LogP contribution in [0, 0.1) is 6.92 Å². The van der Waals surface area contributed by atoms with Gasteiger partial charge in [-0.05, 0) is 37.1 Å².